The summed E-state index contributed by atoms with van der Waals surface area (Å²) in [4.78, 5) is 24.6. The molecule has 26 heavy (non-hydrogen) atoms. The van der Waals surface area contributed by atoms with E-state index in [-0.39, 0.29) is 11.9 Å². The third kappa shape index (κ3) is 5.45. The SMILES string of the molecule is Cc1cccc(C(=O)O[C@@H](C)C(=O)N[C@@H](C)CCc2ccccc2)c1C. The minimum absolute atomic E-state index is 0.00423. The van der Waals surface area contributed by atoms with E-state index in [9.17, 15) is 9.59 Å². The Morgan fingerprint density at radius 3 is 2.38 bits per heavy atom. The van der Waals surface area contributed by atoms with Crippen LogP contribution in [-0.2, 0) is 16.0 Å². The van der Waals surface area contributed by atoms with E-state index in [1.165, 1.54) is 5.56 Å². The average molecular weight is 353 g/mol. The Morgan fingerprint density at radius 1 is 1.00 bits per heavy atom. The fourth-order valence-electron chi connectivity index (χ4n) is 2.71. The van der Waals surface area contributed by atoms with Crippen LogP contribution in [0.15, 0.2) is 48.5 Å². The van der Waals surface area contributed by atoms with Gasteiger partial charge in [0, 0.05) is 6.04 Å². The summed E-state index contributed by atoms with van der Waals surface area (Å²) in [7, 11) is 0. The molecule has 0 heterocycles. The van der Waals surface area contributed by atoms with Crippen molar-refractivity contribution in [1.82, 2.24) is 5.32 Å². The van der Waals surface area contributed by atoms with Crippen molar-refractivity contribution < 1.29 is 14.3 Å². The van der Waals surface area contributed by atoms with Crippen LogP contribution in [0.5, 0.6) is 0 Å². The molecule has 4 heteroatoms. The zero-order valence-corrected chi connectivity index (χ0v) is 15.9. The Bertz CT molecular complexity index is 755. The van der Waals surface area contributed by atoms with E-state index in [2.05, 4.69) is 17.4 Å². The Hall–Kier alpha value is -2.62. The number of hydrogen-bond acceptors (Lipinski definition) is 3. The van der Waals surface area contributed by atoms with Gasteiger partial charge >= 0.3 is 5.97 Å². The molecule has 0 aromatic heterocycles. The molecule has 0 aliphatic rings. The first kappa shape index (κ1) is 19.7. The Morgan fingerprint density at radius 2 is 1.69 bits per heavy atom. The number of rotatable bonds is 7. The predicted molar refractivity (Wildman–Crippen MR) is 103 cm³/mol. The van der Waals surface area contributed by atoms with Crippen LogP contribution < -0.4 is 5.32 Å². The van der Waals surface area contributed by atoms with Crippen LogP contribution >= 0.6 is 0 Å². The van der Waals surface area contributed by atoms with E-state index in [4.69, 9.17) is 4.74 Å². The third-order valence-electron chi connectivity index (χ3n) is 4.58. The van der Waals surface area contributed by atoms with Crippen LogP contribution in [0.3, 0.4) is 0 Å². The van der Waals surface area contributed by atoms with Crippen molar-refractivity contribution in [3.8, 4) is 0 Å². The lowest BCUT2D eigenvalue weighted by Gasteiger charge is -2.18. The molecule has 0 saturated carbocycles. The van der Waals surface area contributed by atoms with Crippen molar-refractivity contribution in [2.45, 2.75) is 52.7 Å². The van der Waals surface area contributed by atoms with Crippen LogP contribution in [0.25, 0.3) is 0 Å². The molecule has 2 rings (SSSR count). The second-order valence-corrected chi connectivity index (χ2v) is 6.73. The maximum atomic E-state index is 12.3. The van der Waals surface area contributed by atoms with Gasteiger partial charge < -0.3 is 10.1 Å². The number of hydrogen-bond donors (Lipinski definition) is 1. The van der Waals surface area contributed by atoms with Gasteiger partial charge in [-0.2, -0.15) is 0 Å². The van der Waals surface area contributed by atoms with Crippen LogP contribution in [0.2, 0.25) is 0 Å². The van der Waals surface area contributed by atoms with Gasteiger partial charge in [0.1, 0.15) is 0 Å². The van der Waals surface area contributed by atoms with E-state index < -0.39 is 12.1 Å². The molecule has 0 spiro atoms. The molecule has 138 valence electrons. The van der Waals surface area contributed by atoms with Crippen LogP contribution in [-0.4, -0.2) is 24.0 Å². The number of aryl methyl sites for hydroxylation is 2. The van der Waals surface area contributed by atoms with E-state index in [0.29, 0.717) is 5.56 Å². The second-order valence-electron chi connectivity index (χ2n) is 6.73. The molecular weight excluding hydrogens is 326 g/mol. The molecule has 0 fully saturated rings. The van der Waals surface area contributed by atoms with Gasteiger partial charge in [0.25, 0.3) is 5.91 Å². The lowest BCUT2D eigenvalue weighted by atomic mass is 10.0. The highest BCUT2D eigenvalue weighted by molar-refractivity contribution is 5.93. The van der Waals surface area contributed by atoms with Crippen molar-refractivity contribution in [2.75, 3.05) is 0 Å². The molecule has 0 radical (unpaired) electrons. The van der Waals surface area contributed by atoms with Crippen LogP contribution in [0.1, 0.15) is 47.3 Å². The first-order valence-corrected chi connectivity index (χ1v) is 9.00. The monoisotopic (exact) mass is 353 g/mol. The number of benzene rings is 2. The number of esters is 1. The van der Waals surface area contributed by atoms with Gasteiger partial charge in [-0.05, 0) is 63.3 Å². The van der Waals surface area contributed by atoms with Gasteiger partial charge in [-0.25, -0.2) is 4.79 Å². The lowest BCUT2D eigenvalue weighted by molar-refractivity contribution is -0.129. The second kappa shape index (κ2) is 9.18. The van der Waals surface area contributed by atoms with E-state index in [0.717, 1.165) is 24.0 Å². The van der Waals surface area contributed by atoms with Crippen molar-refractivity contribution in [3.63, 3.8) is 0 Å². The summed E-state index contributed by atoms with van der Waals surface area (Å²) in [5.41, 5.74) is 3.64. The molecular formula is C22H27NO3. The quantitative estimate of drug-likeness (QED) is 0.766. The molecule has 2 aromatic carbocycles. The molecule has 2 aromatic rings. The summed E-state index contributed by atoms with van der Waals surface area (Å²) < 4.78 is 5.35. The normalized spacial score (nSPS) is 12.9. The highest BCUT2D eigenvalue weighted by atomic mass is 16.5. The number of carbonyl (C=O) groups excluding carboxylic acids is 2. The summed E-state index contributed by atoms with van der Waals surface area (Å²) in [6.07, 6.45) is 0.883. The largest absolute Gasteiger partial charge is 0.449 e. The Labute approximate surface area is 155 Å². The van der Waals surface area contributed by atoms with E-state index in [1.807, 2.05) is 51.1 Å². The standard InChI is InChI=1S/C22H27NO3/c1-15-9-8-12-20(17(15)3)22(25)26-18(4)21(24)23-16(2)13-14-19-10-6-5-7-11-19/h5-12,16,18H,13-14H2,1-4H3,(H,23,24)/t16-,18-/m0/s1. The highest BCUT2D eigenvalue weighted by Crippen LogP contribution is 2.14. The van der Waals surface area contributed by atoms with E-state index in [1.54, 1.807) is 13.0 Å². The van der Waals surface area contributed by atoms with E-state index >= 15 is 0 Å². The summed E-state index contributed by atoms with van der Waals surface area (Å²) in [5.74, 6) is -0.741. The molecule has 0 aliphatic heterocycles. The fraction of sp³-hybridized carbons (Fsp3) is 0.364. The number of ether oxygens (including phenoxy) is 1. The van der Waals surface area contributed by atoms with Crippen molar-refractivity contribution in [1.29, 1.82) is 0 Å². The zero-order valence-electron chi connectivity index (χ0n) is 15.9. The lowest BCUT2D eigenvalue weighted by Crippen LogP contribution is -2.41. The maximum Gasteiger partial charge on any atom is 0.339 e. The van der Waals surface area contributed by atoms with Crippen molar-refractivity contribution in [3.05, 3.63) is 70.8 Å². The van der Waals surface area contributed by atoms with Gasteiger partial charge in [-0.1, -0.05) is 42.5 Å². The smallest absolute Gasteiger partial charge is 0.339 e. The molecule has 2 atom stereocenters. The molecule has 1 N–H and O–H groups in total. The molecule has 0 saturated heterocycles. The van der Waals surface area contributed by atoms with Gasteiger partial charge in [-0.3, -0.25) is 4.79 Å². The average Bonchev–Trinajstić information content (AvgIpc) is 2.63. The molecule has 4 nitrogen and oxygen atoms in total. The fourth-order valence-corrected chi connectivity index (χ4v) is 2.71. The number of amides is 1. The Kier molecular flexibility index (Phi) is 6.96. The first-order chi connectivity index (χ1) is 12.4. The van der Waals surface area contributed by atoms with Gasteiger partial charge in [0.2, 0.25) is 0 Å². The van der Waals surface area contributed by atoms with Gasteiger partial charge in [0.15, 0.2) is 6.10 Å². The van der Waals surface area contributed by atoms with Crippen LogP contribution in [0, 0.1) is 13.8 Å². The van der Waals surface area contributed by atoms with Crippen LogP contribution in [0.4, 0.5) is 0 Å². The highest BCUT2D eigenvalue weighted by Gasteiger charge is 2.21. The minimum Gasteiger partial charge on any atom is -0.449 e. The molecule has 0 unspecified atom stereocenters. The number of nitrogens with one attached hydrogen (secondary N) is 1. The Balaban J connectivity index is 1.84. The molecule has 0 bridgehead atoms. The topological polar surface area (TPSA) is 55.4 Å². The zero-order chi connectivity index (χ0) is 19.1. The molecule has 1 amide bonds. The van der Waals surface area contributed by atoms with Crippen molar-refractivity contribution in [2.24, 2.45) is 0 Å². The summed E-state index contributed by atoms with van der Waals surface area (Å²) in [6, 6.07) is 15.6. The first-order valence-electron chi connectivity index (χ1n) is 9.00. The minimum atomic E-state index is -0.832. The summed E-state index contributed by atoms with van der Waals surface area (Å²) in [6.45, 7) is 7.38. The summed E-state index contributed by atoms with van der Waals surface area (Å²) in [5, 5.41) is 2.92. The predicted octanol–water partition coefficient (Wildman–Crippen LogP) is 3.99. The maximum absolute atomic E-state index is 12.3. The molecule has 0 aliphatic carbocycles. The summed E-state index contributed by atoms with van der Waals surface area (Å²) >= 11 is 0. The number of carbonyl (C=O) groups is 2. The van der Waals surface area contributed by atoms with Gasteiger partial charge in [0.05, 0.1) is 5.56 Å². The van der Waals surface area contributed by atoms with Crippen molar-refractivity contribution >= 4 is 11.9 Å². The third-order valence-corrected chi connectivity index (χ3v) is 4.58. The van der Waals surface area contributed by atoms with Gasteiger partial charge in [-0.15, -0.1) is 0 Å².